The fraction of sp³-hybridized carbons (Fsp3) is 0.769. The second-order valence-electron chi connectivity index (χ2n) is 17.7. The summed E-state index contributed by atoms with van der Waals surface area (Å²) >= 11 is 0. The minimum atomic E-state index is -5.14. The fourth-order valence-electron chi connectivity index (χ4n) is 7.51. The van der Waals surface area contributed by atoms with Crippen molar-refractivity contribution in [3.8, 4) is 0 Å². The zero-order valence-electron chi connectivity index (χ0n) is 40.7. The lowest BCUT2D eigenvalue weighted by molar-refractivity contribution is -0.220. The summed E-state index contributed by atoms with van der Waals surface area (Å²) in [6, 6.07) is 0. The molecule has 1 aliphatic carbocycles. The number of carbonyl (C=O) groups is 2. The van der Waals surface area contributed by atoms with Crippen molar-refractivity contribution in [1.29, 1.82) is 0 Å². The quantitative estimate of drug-likeness (QED) is 0.0146. The molecule has 0 aromatic rings. The molecule has 8 atom stereocenters. The van der Waals surface area contributed by atoms with Crippen LogP contribution in [0, 0.1) is 0 Å². The van der Waals surface area contributed by atoms with Crippen molar-refractivity contribution in [2.75, 3.05) is 13.2 Å². The van der Waals surface area contributed by atoms with Crippen molar-refractivity contribution in [1.82, 2.24) is 0 Å². The van der Waals surface area contributed by atoms with E-state index in [1.165, 1.54) is 109 Å². The Kier molecular flexibility index (Phi) is 38.7. The van der Waals surface area contributed by atoms with Crippen LogP contribution in [0.25, 0.3) is 0 Å². The number of phosphoric acid groups is 1. The topological polar surface area (TPSA) is 210 Å². The van der Waals surface area contributed by atoms with Gasteiger partial charge >= 0.3 is 19.8 Å². The van der Waals surface area contributed by atoms with Crippen LogP contribution in [0.3, 0.4) is 0 Å². The summed E-state index contributed by atoms with van der Waals surface area (Å²) in [4.78, 5) is 35.8. The molecule has 66 heavy (non-hydrogen) atoms. The second-order valence-corrected chi connectivity index (χ2v) is 19.1. The average molecular weight is 955 g/mol. The summed E-state index contributed by atoms with van der Waals surface area (Å²) in [5, 5.41) is 50.2. The highest BCUT2D eigenvalue weighted by Gasteiger charge is 2.51. The number of esters is 2. The third kappa shape index (κ3) is 33.1. The molecule has 0 aromatic heterocycles. The van der Waals surface area contributed by atoms with Gasteiger partial charge in [0.25, 0.3) is 0 Å². The van der Waals surface area contributed by atoms with Gasteiger partial charge in [-0.15, -0.1) is 0 Å². The molecule has 0 radical (unpaired) electrons. The molecule has 0 amide bonds. The van der Waals surface area contributed by atoms with Gasteiger partial charge in [0.1, 0.15) is 43.2 Å². The van der Waals surface area contributed by atoms with Crippen LogP contribution in [0.5, 0.6) is 0 Å². The van der Waals surface area contributed by atoms with Crippen LogP contribution in [0.2, 0.25) is 0 Å². The van der Waals surface area contributed by atoms with Crippen LogP contribution in [-0.4, -0.2) is 98.3 Å². The van der Waals surface area contributed by atoms with Crippen LogP contribution in [0.4, 0.5) is 0 Å². The number of unbranched alkanes of at least 4 members (excludes halogenated alkanes) is 20. The molecular weight excluding hydrogens is 864 g/mol. The lowest BCUT2D eigenvalue weighted by Gasteiger charge is -2.41. The van der Waals surface area contributed by atoms with Crippen molar-refractivity contribution in [3.63, 3.8) is 0 Å². The predicted molar refractivity (Wildman–Crippen MR) is 262 cm³/mol. The highest BCUT2D eigenvalue weighted by atomic mass is 31.2. The van der Waals surface area contributed by atoms with Crippen LogP contribution in [-0.2, 0) is 32.7 Å². The van der Waals surface area contributed by atoms with E-state index >= 15 is 0 Å². The molecule has 14 heteroatoms. The van der Waals surface area contributed by atoms with Crippen LogP contribution in [0.15, 0.2) is 60.8 Å². The van der Waals surface area contributed by atoms with Crippen molar-refractivity contribution < 1.29 is 63.1 Å². The van der Waals surface area contributed by atoms with Gasteiger partial charge < -0.3 is 39.9 Å². The standard InChI is InChI=1S/C52H91O13P/c1-3-5-7-9-11-13-15-17-19-21-23-25-27-29-31-33-35-37-39-41-46(54)64-44(43-63-66(60,61)65-52-50(58)48(56)47(55)49(57)51(52)59)42-62-45(53)40-38-36-34-32-30-28-26-24-22-20-18-16-14-12-10-8-6-4-2/h11,13,17,19,23,25,29,31,35,37,44,47-52,55-59H,3-10,12,14-16,18,20-22,24,26-28,30,32-34,36,38-43H2,1-2H3,(H,60,61)/b13-11+,19-17+,25-23+,31-29+,37-35+/t44-,47?,48-,49?,50?,51?,52?/m0/s1. The smallest absolute Gasteiger partial charge is 0.462 e. The first-order chi connectivity index (χ1) is 31.9. The number of allylic oxidation sites excluding steroid dienone is 10. The molecule has 382 valence electrons. The van der Waals surface area contributed by atoms with Gasteiger partial charge in [0, 0.05) is 12.8 Å². The van der Waals surface area contributed by atoms with Crippen molar-refractivity contribution in [2.24, 2.45) is 0 Å². The van der Waals surface area contributed by atoms with Crippen LogP contribution < -0.4 is 0 Å². The van der Waals surface area contributed by atoms with E-state index in [1.54, 1.807) is 0 Å². The average Bonchev–Trinajstić information content (AvgIpc) is 3.30. The fourth-order valence-corrected chi connectivity index (χ4v) is 8.48. The Labute approximate surface area is 398 Å². The molecule has 6 unspecified atom stereocenters. The maximum absolute atomic E-state index is 12.8. The number of rotatable bonds is 42. The Morgan fingerprint density at radius 3 is 1.30 bits per heavy atom. The summed E-state index contributed by atoms with van der Waals surface area (Å²) in [7, 11) is -5.14. The monoisotopic (exact) mass is 955 g/mol. The van der Waals surface area contributed by atoms with E-state index in [2.05, 4.69) is 56.4 Å². The first kappa shape index (κ1) is 61.6. The Morgan fingerprint density at radius 1 is 0.470 bits per heavy atom. The summed E-state index contributed by atoms with van der Waals surface area (Å²) in [5.74, 6) is -1.19. The highest BCUT2D eigenvalue weighted by Crippen LogP contribution is 2.47. The zero-order valence-corrected chi connectivity index (χ0v) is 41.6. The molecule has 1 rings (SSSR count). The Balaban J connectivity index is 2.46. The normalized spacial score (nSPS) is 21.8. The van der Waals surface area contributed by atoms with Crippen LogP contribution >= 0.6 is 7.82 Å². The molecule has 1 fully saturated rings. The van der Waals surface area contributed by atoms with Gasteiger partial charge in [-0.1, -0.05) is 197 Å². The maximum atomic E-state index is 12.8. The van der Waals surface area contributed by atoms with E-state index in [1.807, 2.05) is 18.2 Å². The van der Waals surface area contributed by atoms with E-state index in [0.717, 1.165) is 44.9 Å². The second kappa shape index (κ2) is 41.5. The Hall–Kier alpha value is -2.45. The van der Waals surface area contributed by atoms with E-state index in [-0.39, 0.29) is 12.8 Å². The van der Waals surface area contributed by atoms with Gasteiger partial charge in [-0.2, -0.15) is 0 Å². The first-order valence-corrected chi connectivity index (χ1v) is 27.1. The zero-order chi connectivity index (χ0) is 48.5. The number of carbonyl (C=O) groups excluding carboxylic acids is 2. The van der Waals surface area contributed by atoms with Crippen molar-refractivity contribution >= 4 is 19.8 Å². The summed E-state index contributed by atoms with van der Waals surface area (Å²) in [5.41, 5.74) is 0. The minimum Gasteiger partial charge on any atom is -0.462 e. The number of phosphoric ester groups is 1. The van der Waals surface area contributed by atoms with Gasteiger partial charge in [0.2, 0.25) is 0 Å². The van der Waals surface area contributed by atoms with Gasteiger partial charge in [-0.05, 0) is 51.4 Å². The third-order valence-electron chi connectivity index (χ3n) is 11.6. The van der Waals surface area contributed by atoms with Gasteiger partial charge in [0.05, 0.1) is 6.61 Å². The molecule has 0 saturated heterocycles. The molecule has 0 aromatic carbocycles. The van der Waals surface area contributed by atoms with E-state index in [0.29, 0.717) is 19.3 Å². The van der Waals surface area contributed by atoms with E-state index in [4.69, 9.17) is 18.5 Å². The van der Waals surface area contributed by atoms with E-state index < -0.39 is 75.7 Å². The number of aliphatic hydroxyl groups excluding tert-OH is 5. The molecule has 1 aliphatic rings. The highest BCUT2D eigenvalue weighted by molar-refractivity contribution is 7.47. The summed E-state index contributed by atoms with van der Waals surface area (Å²) in [6.07, 6.45) is 38.5. The number of hydrogen-bond acceptors (Lipinski definition) is 12. The SMILES string of the molecule is CCCCC/C=C/C/C=C/C/C=C/C/C=C/C/C=C/CCC(=O)O[C@@H](COC(=O)CCCCCCCCCCCCCCCCCCCC)COP(=O)(O)OC1C(O)C(O)C(O)[C@H](O)C1O. The van der Waals surface area contributed by atoms with Gasteiger partial charge in [0.15, 0.2) is 6.10 Å². The minimum absolute atomic E-state index is 0.0271. The largest absolute Gasteiger partial charge is 0.472 e. The van der Waals surface area contributed by atoms with Crippen LogP contribution in [0.1, 0.15) is 200 Å². The third-order valence-corrected chi connectivity index (χ3v) is 12.6. The van der Waals surface area contributed by atoms with E-state index in [9.17, 15) is 44.6 Å². The number of aliphatic hydroxyl groups is 5. The molecule has 13 nitrogen and oxygen atoms in total. The van der Waals surface area contributed by atoms with Gasteiger partial charge in [-0.25, -0.2) is 4.57 Å². The number of hydrogen-bond donors (Lipinski definition) is 6. The molecule has 0 heterocycles. The summed E-state index contributed by atoms with van der Waals surface area (Å²) < 4.78 is 33.5. The van der Waals surface area contributed by atoms with Crippen molar-refractivity contribution in [3.05, 3.63) is 60.8 Å². The lowest BCUT2D eigenvalue weighted by atomic mass is 9.85. The van der Waals surface area contributed by atoms with Crippen molar-refractivity contribution in [2.45, 2.75) is 243 Å². The predicted octanol–water partition coefficient (Wildman–Crippen LogP) is 10.9. The first-order valence-electron chi connectivity index (χ1n) is 25.6. The number of ether oxygens (including phenoxy) is 2. The Morgan fingerprint density at radius 2 is 0.848 bits per heavy atom. The lowest BCUT2D eigenvalue weighted by Crippen LogP contribution is -2.64. The molecule has 0 aliphatic heterocycles. The molecule has 1 saturated carbocycles. The van der Waals surface area contributed by atoms with Gasteiger partial charge in [-0.3, -0.25) is 18.6 Å². The molecule has 0 spiro atoms. The molecule has 0 bridgehead atoms. The maximum Gasteiger partial charge on any atom is 0.472 e. The molecular formula is C52H91O13P. The molecule has 6 N–H and O–H groups in total. The Bertz CT molecular complexity index is 1380. The summed E-state index contributed by atoms with van der Waals surface area (Å²) in [6.45, 7) is 3.23.